The number of aliphatic hydroxyl groups excluding tert-OH is 1. The minimum atomic E-state index is -0.466. The smallest absolute Gasteiger partial charge is 0.223 e. The number of piperidine rings is 1. The summed E-state index contributed by atoms with van der Waals surface area (Å²) in [5.74, 6) is 1.35. The molecule has 2 atom stereocenters. The molecule has 1 aromatic carbocycles. The highest BCUT2D eigenvalue weighted by Gasteiger charge is 2.21. The van der Waals surface area contributed by atoms with Crippen LogP contribution in [0.15, 0.2) is 34.9 Å². The Hall–Kier alpha value is -1.76. The molecule has 1 aliphatic rings. The van der Waals surface area contributed by atoms with Gasteiger partial charge in [0.25, 0.3) is 0 Å². The SMILES string of the molecule is Cc1nc(CN2CCC[C@@H](NC[C@H](O)c3ccccc3)C2)no1. The third-order valence-corrected chi connectivity index (χ3v) is 4.22. The van der Waals surface area contributed by atoms with E-state index in [1.165, 1.54) is 0 Å². The van der Waals surface area contributed by atoms with Crippen LogP contribution in [-0.2, 0) is 6.54 Å². The van der Waals surface area contributed by atoms with Gasteiger partial charge in [0, 0.05) is 26.1 Å². The Morgan fingerprint density at radius 2 is 2.22 bits per heavy atom. The molecule has 6 nitrogen and oxygen atoms in total. The first-order valence-corrected chi connectivity index (χ1v) is 8.18. The molecule has 2 aromatic rings. The quantitative estimate of drug-likeness (QED) is 0.844. The Labute approximate surface area is 136 Å². The summed E-state index contributed by atoms with van der Waals surface area (Å²) in [6.45, 7) is 5.09. The maximum Gasteiger partial charge on any atom is 0.223 e. The molecule has 0 unspecified atom stereocenters. The summed E-state index contributed by atoms with van der Waals surface area (Å²) in [6.07, 6.45) is 1.80. The molecule has 0 amide bonds. The summed E-state index contributed by atoms with van der Waals surface area (Å²) in [5, 5.41) is 17.7. The second-order valence-corrected chi connectivity index (χ2v) is 6.14. The average Bonchev–Trinajstić information content (AvgIpc) is 2.99. The fourth-order valence-corrected chi connectivity index (χ4v) is 3.04. The van der Waals surface area contributed by atoms with Gasteiger partial charge in [-0.25, -0.2) is 0 Å². The fourth-order valence-electron chi connectivity index (χ4n) is 3.04. The first-order valence-electron chi connectivity index (χ1n) is 8.18. The highest BCUT2D eigenvalue weighted by Crippen LogP contribution is 2.15. The lowest BCUT2D eigenvalue weighted by Crippen LogP contribution is -2.46. The minimum absolute atomic E-state index is 0.384. The van der Waals surface area contributed by atoms with Crippen LogP contribution in [0.5, 0.6) is 0 Å². The highest BCUT2D eigenvalue weighted by molar-refractivity contribution is 5.17. The van der Waals surface area contributed by atoms with Crippen molar-refractivity contribution in [2.24, 2.45) is 0 Å². The van der Waals surface area contributed by atoms with Gasteiger partial charge in [-0.3, -0.25) is 4.90 Å². The number of nitrogens with zero attached hydrogens (tertiary/aromatic N) is 3. The van der Waals surface area contributed by atoms with Crippen molar-refractivity contribution in [1.29, 1.82) is 0 Å². The van der Waals surface area contributed by atoms with Gasteiger partial charge in [-0.15, -0.1) is 0 Å². The van der Waals surface area contributed by atoms with Crippen LogP contribution < -0.4 is 5.32 Å². The lowest BCUT2D eigenvalue weighted by Gasteiger charge is -2.33. The molecule has 124 valence electrons. The number of rotatable bonds is 6. The van der Waals surface area contributed by atoms with Gasteiger partial charge in [-0.05, 0) is 24.9 Å². The number of aliphatic hydroxyl groups is 1. The number of aryl methyl sites for hydroxylation is 1. The molecule has 2 heterocycles. The van der Waals surface area contributed by atoms with Crippen LogP contribution in [0.25, 0.3) is 0 Å². The van der Waals surface area contributed by atoms with Crippen LogP contribution in [0.1, 0.15) is 36.2 Å². The molecule has 1 aromatic heterocycles. The molecule has 1 fully saturated rings. The maximum absolute atomic E-state index is 10.2. The van der Waals surface area contributed by atoms with Crippen LogP contribution in [0.4, 0.5) is 0 Å². The Bertz CT molecular complexity index is 602. The van der Waals surface area contributed by atoms with E-state index in [2.05, 4.69) is 20.4 Å². The van der Waals surface area contributed by atoms with Gasteiger partial charge in [-0.1, -0.05) is 35.5 Å². The second-order valence-electron chi connectivity index (χ2n) is 6.14. The zero-order valence-electron chi connectivity index (χ0n) is 13.5. The molecule has 0 saturated carbocycles. The average molecular weight is 316 g/mol. The fraction of sp³-hybridized carbons (Fsp3) is 0.529. The van der Waals surface area contributed by atoms with Gasteiger partial charge in [0.05, 0.1) is 12.6 Å². The van der Waals surface area contributed by atoms with Gasteiger partial charge in [0.2, 0.25) is 5.89 Å². The van der Waals surface area contributed by atoms with Crippen LogP contribution in [0.2, 0.25) is 0 Å². The van der Waals surface area contributed by atoms with Crippen molar-refractivity contribution >= 4 is 0 Å². The number of nitrogens with one attached hydrogen (secondary N) is 1. The van der Waals surface area contributed by atoms with Gasteiger partial charge in [0.1, 0.15) is 0 Å². The van der Waals surface area contributed by atoms with E-state index >= 15 is 0 Å². The molecular weight excluding hydrogens is 292 g/mol. The largest absolute Gasteiger partial charge is 0.387 e. The van der Waals surface area contributed by atoms with E-state index in [0.717, 1.165) is 43.9 Å². The lowest BCUT2D eigenvalue weighted by atomic mass is 10.0. The van der Waals surface area contributed by atoms with Crippen molar-refractivity contribution in [3.63, 3.8) is 0 Å². The molecule has 0 bridgehead atoms. The number of benzene rings is 1. The molecule has 6 heteroatoms. The predicted octanol–water partition coefficient (Wildman–Crippen LogP) is 1.67. The summed E-state index contributed by atoms with van der Waals surface area (Å²) in [5.41, 5.74) is 0.954. The monoisotopic (exact) mass is 316 g/mol. The number of hydrogen-bond acceptors (Lipinski definition) is 6. The third-order valence-electron chi connectivity index (χ3n) is 4.22. The Morgan fingerprint density at radius 1 is 1.39 bits per heavy atom. The van der Waals surface area contributed by atoms with Crippen molar-refractivity contribution < 1.29 is 9.63 Å². The molecule has 1 aliphatic heterocycles. The van der Waals surface area contributed by atoms with Crippen molar-refractivity contribution in [2.45, 2.75) is 38.5 Å². The van der Waals surface area contributed by atoms with Gasteiger partial charge >= 0.3 is 0 Å². The normalized spacial score (nSPS) is 20.5. The molecule has 0 aliphatic carbocycles. The molecule has 0 spiro atoms. The Balaban J connectivity index is 1.47. The first-order chi connectivity index (χ1) is 11.2. The van der Waals surface area contributed by atoms with Crippen molar-refractivity contribution in [3.8, 4) is 0 Å². The van der Waals surface area contributed by atoms with Gasteiger partial charge in [-0.2, -0.15) is 4.98 Å². The Morgan fingerprint density at radius 3 is 2.96 bits per heavy atom. The summed E-state index contributed by atoms with van der Waals surface area (Å²) in [4.78, 5) is 6.60. The summed E-state index contributed by atoms with van der Waals surface area (Å²) < 4.78 is 5.02. The predicted molar refractivity (Wildman–Crippen MR) is 86.7 cm³/mol. The molecule has 0 radical (unpaired) electrons. The van der Waals surface area contributed by atoms with E-state index in [4.69, 9.17) is 4.52 Å². The molecule has 23 heavy (non-hydrogen) atoms. The second kappa shape index (κ2) is 7.68. The van der Waals surface area contributed by atoms with Crippen molar-refractivity contribution in [3.05, 3.63) is 47.6 Å². The van der Waals surface area contributed by atoms with E-state index in [-0.39, 0.29) is 0 Å². The Kier molecular flexibility index (Phi) is 5.38. The zero-order valence-corrected chi connectivity index (χ0v) is 13.5. The molecular formula is C17H24N4O2. The van der Waals surface area contributed by atoms with E-state index in [9.17, 15) is 5.11 Å². The van der Waals surface area contributed by atoms with Crippen molar-refractivity contribution in [2.75, 3.05) is 19.6 Å². The van der Waals surface area contributed by atoms with Gasteiger partial charge < -0.3 is 14.9 Å². The summed E-state index contributed by atoms with van der Waals surface area (Å²) in [6, 6.07) is 10.2. The first kappa shape index (κ1) is 16.1. The molecule has 3 rings (SSSR count). The van der Waals surface area contributed by atoms with E-state index < -0.39 is 6.10 Å². The number of aromatic nitrogens is 2. The zero-order chi connectivity index (χ0) is 16.1. The van der Waals surface area contributed by atoms with Gasteiger partial charge in [0.15, 0.2) is 5.82 Å². The van der Waals surface area contributed by atoms with E-state index in [1.54, 1.807) is 0 Å². The maximum atomic E-state index is 10.2. The topological polar surface area (TPSA) is 74.4 Å². The molecule has 1 saturated heterocycles. The minimum Gasteiger partial charge on any atom is -0.387 e. The van der Waals surface area contributed by atoms with Crippen LogP contribution in [0, 0.1) is 6.92 Å². The van der Waals surface area contributed by atoms with E-state index in [0.29, 0.717) is 18.5 Å². The molecule has 2 N–H and O–H groups in total. The summed E-state index contributed by atoms with van der Waals surface area (Å²) >= 11 is 0. The van der Waals surface area contributed by atoms with Crippen molar-refractivity contribution in [1.82, 2.24) is 20.4 Å². The number of likely N-dealkylation sites (tertiary alicyclic amines) is 1. The third kappa shape index (κ3) is 4.60. The van der Waals surface area contributed by atoms with E-state index in [1.807, 2.05) is 37.3 Å². The van der Waals surface area contributed by atoms with Crippen LogP contribution in [-0.4, -0.2) is 45.8 Å². The lowest BCUT2D eigenvalue weighted by molar-refractivity contribution is 0.142. The highest BCUT2D eigenvalue weighted by atomic mass is 16.5. The standard InChI is InChI=1S/C17H24N4O2/c1-13-19-17(20-23-13)12-21-9-5-8-15(11-21)18-10-16(22)14-6-3-2-4-7-14/h2-4,6-7,15-16,18,22H,5,8-12H2,1H3/t15-,16+/m1/s1. The summed E-state index contributed by atoms with van der Waals surface area (Å²) in [7, 11) is 0. The van der Waals surface area contributed by atoms with Crippen LogP contribution in [0.3, 0.4) is 0 Å². The van der Waals surface area contributed by atoms with Crippen LogP contribution >= 0.6 is 0 Å². The number of hydrogen-bond donors (Lipinski definition) is 2.